The van der Waals surface area contributed by atoms with E-state index in [9.17, 15) is 4.39 Å². The number of halogens is 1. The molecular formula is C12H15FN4S. The Balaban J connectivity index is 2.35. The molecule has 18 heavy (non-hydrogen) atoms. The lowest BCUT2D eigenvalue weighted by Crippen LogP contribution is -2.13. The van der Waals surface area contributed by atoms with Crippen molar-refractivity contribution >= 4 is 11.8 Å². The highest BCUT2D eigenvalue weighted by Gasteiger charge is 2.13. The van der Waals surface area contributed by atoms with Crippen LogP contribution in [0.5, 0.6) is 0 Å². The molecule has 1 aromatic heterocycles. The van der Waals surface area contributed by atoms with E-state index in [1.807, 2.05) is 25.6 Å². The molecule has 1 N–H and O–H groups in total. The van der Waals surface area contributed by atoms with Gasteiger partial charge in [0.1, 0.15) is 12.1 Å². The van der Waals surface area contributed by atoms with Gasteiger partial charge in [-0.25, -0.2) is 4.39 Å². The molecule has 1 aromatic carbocycles. The third-order valence-corrected chi connectivity index (χ3v) is 3.89. The van der Waals surface area contributed by atoms with E-state index in [4.69, 9.17) is 0 Å². The zero-order chi connectivity index (χ0) is 13.1. The van der Waals surface area contributed by atoms with Crippen LogP contribution in [-0.2, 0) is 7.05 Å². The van der Waals surface area contributed by atoms with Gasteiger partial charge in [-0.2, -0.15) is 0 Å². The average molecular weight is 266 g/mol. The minimum atomic E-state index is -0.227. The molecule has 2 aromatic rings. The van der Waals surface area contributed by atoms with Crippen LogP contribution in [0, 0.1) is 5.82 Å². The topological polar surface area (TPSA) is 42.7 Å². The van der Waals surface area contributed by atoms with Crippen LogP contribution in [0.2, 0.25) is 0 Å². The second kappa shape index (κ2) is 5.49. The molecule has 1 unspecified atom stereocenters. The van der Waals surface area contributed by atoms with Crippen molar-refractivity contribution in [3.63, 3.8) is 0 Å². The summed E-state index contributed by atoms with van der Waals surface area (Å²) in [5, 5.41) is 11.8. The van der Waals surface area contributed by atoms with Crippen molar-refractivity contribution < 1.29 is 4.39 Å². The number of benzene rings is 1. The lowest BCUT2D eigenvalue weighted by Gasteiger charge is -2.15. The summed E-state index contributed by atoms with van der Waals surface area (Å²) in [5.74, 6) is -0.227. The summed E-state index contributed by atoms with van der Waals surface area (Å²) in [6.45, 7) is 2.00. The van der Waals surface area contributed by atoms with E-state index >= 15 is 0 Å². The molecule has 0 aliphatic heterocycles. The van der Waals surface area contributed by atoms with Crippen molar-refractivity contribution in [3.05, 3.63) is 35.9 Å². The van der Waals surface area contributed by atoms with E-state index in [1.165, 1.54) is 17.8 Å². The van der Waals surface area contributed by atoms with E-state index in [0.717, 1.165) is 15.6 Å². The number of nitrogens with one attached hydrogen (secondary N) is 1. The summed E-state index contributed by atoms with van der Waals surface area (Å²) in [6, 6.07) is 4.87. The fourth-order valence-corrected chi connectivity index (χ4v) is 2.53. The summed E-state index contributed by atoms with van der Waals surface area (Å²) < 4.78 is 15.2. The van der Waals surface area contributed by atoms with Crippen molar-refractivity contribution in [2.45, 2.75) is 23.0 Å². The smallest absolute Gasteiger partial charge is 0.195 e. The van der Waals surface area contributed by atoms with Gasteiger partial charge in [-0.3, -0.25) is 0 Å². The third kappa shape index (κ3) is 2.70. The highest BCUT2D eigenvalue weighted by atomic mass is 32.2. The van der Waals surface area contributed by atoms with Gasteiger partial charge >= 0.3 is 0 Å². The SMILES string of the molecule is CNC(C)c1cc(F)ccc1Sc1nncn1C. The minimum Gasteiger partial charge on any atom is -0.313 e. The van der Waals surface area contributed by atoms with Gasteiger partial charge in [0.2, 0.25) is 0 Å². The first-order valence-electron chi connectivity index (χ1n) is 5.60. The highest BCUT2D eigenvalue weighted by Crippen LogP contribution is 2.32. The van der Waals surface area contributed by atoms with E-state index < -0.39 is 0 Å². The van der Waals surface area contributed by atoms with Gasteiger partial charge in [-0.1, -0.05) is 0 Å². The fraction of sp³-hybridized carbons (Fsp3) is 0.333. The van der Waals surface area contributed by atoms with Crippen LogP contribution in [-0.4, -0.2) is 21.8 Å². The Hall–Kier alpha value is -1.40. The molecule has 1 heterocycles. The number of hydrogen-bond acceptors (Lipinski definition) is 4. The van der Waals surface area contributed by atoms with Crippen molar-refractivity contribution in [2.24, 2.45) is 7.05 Å². The summed E-state index contributed by atoms with van der Waals surface area (Å²) >= 11 is 1.48. The average Bonchev–Trinajstić information content (AvgIpc) is 2.76. The van der Waals surface area contributed by atoms with Gasteiger partial charge in [0.05, 0.1) is 0 Å². The second-order valence-corrected chi connectivity index (χ2v) is 5.03. The molecule has 0 bridgehead atoms. The maximum Gasteiger partial charge on any atom is 0.195 e. The van der Waals surface area contributed by atoms with Crippen LogP contribution >= 0.6 is 11.8 Å². The first-order chi connectivity index (χ1) is 8.61. The van der Waals surface area contributed by atoms with Gasteiger partial charge in [0.25, 0.3) is 0 Å². The molecule has 4 nitrogen and oxygen atoms in total. The van der Waals surface area contributed by atoms with Crippen LogP contribution in [0.3, 0.4) is 0 Å². The van der Waals surface area contributed by atoms with Crippen molar-refractivity contribution in [1.82, 2.24) is 20.1 Å². The minimum absolute atomic E-state index is 0.0800. The number of nitrogens with zero attached hydrogens (tertiary/aromatic N) is 3. The quantitative estimate of drug-likeness (QED) is 0.922. The lowest BCUT2D eigenvalue weighted by atomic mass is 10.1. The number of aromatic nitrogens is 3. The molecule has 1 atom stereocenters. The van der Waals surface area contributed by atoms with E-state index in [0.29, 0.717) is 0 Å². The van der Waals surface area contributed by atoms with E-state index in [-0.39, 0.29) is 11.9 Å². The largest absolute Gasteiger partial charge is 0.313 e. The number of hydrogen-bond donors (Lipinski definition) is 1. The Morgan fingerprint density at radius 1 is 1.44 bits per heavy atom. The number of aryl methyl sites for hydroxylation is 1. The van der Waals surface area contributed by atoms with E-state index in [1.54, 1.807) is 18.5 Å². The van der Waals surface area contributed by atoms with Crippen LogP contribution in [0.1, 0.15) is 18.5 Å². The Morgan fingerprint density at radius 3 is 2.83 bits per heavy atom. The maximum absolute atomic E-state index is 13.3. The Morgan fingerprint density at radius 2 is 2.22 bits per heavy atom. The van der Waals surface area contributed by atoms with Gasteiger partial charge in [0, 0.05) is 18.0 Å². The van der Waals surface area contributed by atoms with Gasteiger partial charge < -0.3 is 9.88 Å². The fourth-order valence-electron chi connectivity index (χ4n) is 1.57. The van der Waals surface area contributed by atoms with Crippen molar-refractivity contribution in [1.29, 1.82) is 0 Å². The summed E-state index contributed by atoms with van der Waals surface area (Å²) in [4.78, 5) is 0.981. The molecule has 0 amide bonds. The Kier molecular flexibility index (Phi) is 3.98. The first-order valence-corrected chi connectivity index (χ1v) is 6.42. The van der Waals surface area contributed by atoms with Crippen LogP contribution in [0.15, 0.2) is 34.6 Å². The van der Waals surface area contributed by atoms with E-state index in [2.05, 4.69) is 15.5 Å². The molecule has 2 rings (SSSR count). The Labute approximate surface area is 110 Å². The molecule has 96 valence electrons. The molecular weight excluding hydrogens is 251 g/mol. The highest BCUT2D eigenvalue weighted by molar-refractivity contribution is 7.99. The van der Waals surface area contributed by atoms with Gasteiger partial charge in [0.15, 0.2) is 5.16 Å². The first kappa shape index (κ1) is 13.0. The molecule has 6 heteroatoms. The van der Waals surface area contributed by atoms with Crippen LogP contribution in [0.25, 0.3) is 0 Å². The normalized spacial score (nSPS) is 12.7. The van der Waals surface area contributed by atoms with Crippen molar-refractivity contribution in [2.75, 3.05) is 7.05 Å². The van der Waals surface area contributed by atoms with Gasteiger partial charge in [-0.15, -0.1) is 10.2 Å². The molecule has 0 fully saturated rings. The summed E-state index contributed by atoms with van der Waals surface area (Å²) in [6.07, 6.45) is 1.65. The summed E-state index contributed by atoms with van der Waals surface area (Å²) in [5.41, 5.74) is 0.922. The second-order valence-electron chi connectivity index (χ2n) is 4.02. The number of rotatable bonds is 4. The molecule has 0 spiro atoms. The third-order valence-electron chi connectivity index (χ3n) is 2.74. The maximum atomic E-state index is 13.3. The predicted molar refractivity (Wildman–Crippen MR) is 69.0 cm³/mol. The zero-order valence-corrected chi connectivity index (χ0v) is 11.3. The van der Waals surface area contributed by atoms with Crippen LogP contribution in [0.4, 0.5) is 4.39 Å². The van der Waals surface area contributed by atoms with Crippen molar-refractivity contribution in [3.8, 4) is 0 Å². The Bertz CT molecular complexity index is 541. The molecule has 0 radical (unpaired) electrons. The predicted octanol–water partition coefficient (Wildman–Crippen LogP) is 2.39. The molecule has 0 aliphatic carbocycles. The molecule has 0 aliphatic rings. The van der Waals surface area contributed by atoms with Gasteiger partial charge in [-0.05, 0) is 49.5 Å². The monoisotopic (exact) mass is 266 g/mol. The standard InChI is InChI=1S/C12H15FN4S/c1-8(14-2)10-6-9(13)4-5-11(10)18-12-16-15-7-17(12)3/h4-8,14H,1-3H3. The summed E-state index contributed by atoms with van der Waals surface area (Å²) in [7, 11) is 3.74. The molecule has 0 saturated carbocycles. The zero-order valence-electron chi connectivity index (χ0n) is 10.5. The molecule has 0 saturated heterocycles. The lowest BCUT2D eigenvalue weighted by molar-refractivity contribution is 0.601. The van der Waals surface area contributed by atoms with Crippen LogP contribution < -0.4 is 5.32 Å².